The molecule has 0 aliphatic rings. The molecule has 0 atom stereocenters. The fourth-order valence-electron chi connectivity index (χ4n) is 1.96. The van der Waals surface area contributed by atoms with Gasteiger partial charge in [-0.2, -0.15) is 0 Å². The Balaban J connectivity index is 1.54. The van der Waals surface area contributed by atoms with Gasteiger partial charge in [0.15, 0.2) is 0 Å². The molecule has 94 valence electrons. The van der Waals surface area contributed by atoms with Gasteiger partial charge >= 0.3 is 0 Å². The molecule has 0 saturated heterocycles. The molecule has 18 heavy (non-hydrogen) atoms. The van der Waals surface area contributed by atoms with Crippen molar-refractivity contribution in [2.75, 3.05) is 6.61 Å². The minimum atomic E-state index is 0.818. The number of benzene rings is 2. The van der Waals surface area contributed by atoms with Crippen LogP contribution in [-0.2, 0) is 6.42 Å². The van der Waals surface area contributed by atoms with Crippen molar-refractivity contribution in [1.82, 2.24) is 0 Å². The molecule has 0 spiro atoms. The van der Waals surface area contributed by atoms with E-state index < -0.39 is 0 Å². The zero-order valence-electron chi connectivity index (χ0n) is 10.7. The third kappa shape index (κ3) is 4.62. The van der Waals surface area contributed by atoms with Gasteiger partial charge in [-0.05, 0) is 43.4 Å². The van der Waals surface area contributed by atoms with E-state index >= 15 is 0 Å². The fourth-order valence-corrected chi connectivity index (χ4v) is 1.96. The Morgan fingerprint density at radius 3 is 2.06 bits per heavy atom. The molecule has 1 nitrogen and oxygen atoms in total. The van der Waals surface area contributed by atoms with Crippen LogP contribution in [0.3, 0.4) is 0 Å². The summed E-state index contributed by atoms with van der Waals surface area (Å²) in [5.74, 6) is 0.973. The molecular formula is C17H20O. The Morgan fingerprint density at radius 2 is 1.33 bits per heavy atom. The fraction of sp³-hybridized carbons (Fsp3) is 0.294. The number of ether oxygens (including phenoxy) is 1. The van der Waals surface area contributed by atoms with Gasteiger partial charge in [0, 0.05) is 0 Å². The number of para-hydroxylation sites is 1. The maximum Gasteiger partial charge on any atom is 0.119 e. The summed E-state index contributed by atoms with van der Waals surface area (Å²) in [6.45, 7) is 0.818. The van der Waals surface area contributed by atoms with Crippen molar-refractivity contribution in [3.63, 3.8) is 0 Å². The van der Waals surface area contributed by atoms with Crippen LogP contribution in [0.15, 0.2) is 60.7 Å². The van der Waals surface area contributed by atoms with E-state index in [1.807, 2.05) is 30.3 Å². The molecule has 2 aromatic rings. The summed E-state index contributed by atoms with van der Waals surface area (Å²) < 4.78 is 5.66. The zero-order chi connectivity index (χ0) is 12.5. The first kappa shape index (κ1) is 12.7. The van der Waals surface area contributed by atoms with E-state index in [1.54, 1.807) is 0 Å². The van der Waals surface area contributed by atoms with Crippen LogP contribution >= 0.6 is 0 Å². The van der Waals surface area contributed by atoms with Crippen LogP contribution in [0.25, 0.3) is 0 Å². The van der Waals surface area contributed by atoms with Gasteiger partial charge < -0.3 is 4.74 Å². The van der Waals surface area contributed by atoms with Gasteiger partial charge in [-0.3, -0.25) is 0 Å². The van der Waals surface area contributed by atoms with Crippen molar-refractivity contribution in [1.29, 1.82) is 0 Å². The van der Waals surface area contributed by atoms with Gasteiger partial charge in [-0.15, -0.1) is 0 Å². The van der Waals surface area contributed by atoms with E-state index in [1.165, 1.54) is 24.8 Å². The predicted octanol–water partition coefficient (Wildman–Crippen LogP) is 4.48. The van der Waals surface area contributed by atoms with Crippen molar-refractivity contribution in [2.45, 2.75) is 25.7 Å². The summed E-state index contributed by atoms with van der Waals surface area (Å²) in [4.78, 5) is 0. The van der Waals surface area contributed by atoms with Crippen molar-refractivity contribution in [2.24, 2.45) is 0 Å². The lowest BCUT2D eigenvalue weighted by Gasteiger charge is -2.05. The number of hydrogen-bond acceptors (Lipinski definition) is 1. The third-order valence-electron chi connectivity index (χ3n) is 2.96. The molecule has 2 rings (SSSR count). The molecule has 0 heterocycles. The maximum absolute atomic E-state index is 5.66. The smallest absolute Gasteiger partial charge is 0.119 e. The SMILES string of the molecule is c1ccc(CCCCCOc2ccccc2)cc1. The molecule has 0 aliphatic carbocycles. The largest absolute Gasteiger partial charge is 0.494 e. The van der Waals surface area contributed by atoms with E-state index in [0.29, 0.717) is 0 Å². The van der Waals surface area contributed by atoms with E-state index in [4.69, 9.17) is 4.74 Å². The van der Waals surface area contributed by atoms with Crippen molar-refractivity contribution >= 4 is 0 Å². The van der Waals surface area contributed by atoms with E-state index in [2.05, 4.69) is 30.3 Å². The van der Waals surface area contributed by atoms with Crippen molar-refractivity contribution < 1.29 is 4.74 Å². The topological polar surface area (TPSA) is 9.23 Å². The lowest BCUT2D eigenvalue weighted by atomic mass is 10.1. The molecule has 0 saturated carbocycles. The van der Waals surface area contributed by atoms with Gasteiger partial charge in [0.2, 0.25) is 0 Å². The van der Waals surface area contributed by atoms with Gasteiger partial charge in [0.25, 0.3) is 0 Å². The molecule has 0 unspecified atom stereocenters. The molecule has 0 radical (unpaired) electrons. The minimum absolute atomic E-state index is 0.818. The first-order chi connectivity index (χ1) is 8.95. The summed E-state index contributed by atoms with van der Waals surface area (Å²) in [6, 6.07) is 20.7. The highest BCUT2D eigenvalue weighted by atomic mass is 16.5. The molecule has 0 aliphatic heterocycles. The second-order valence-corrected chi connectivity index (χ2v) is 4.46. The van der Waals surface area contributed by atoms with Crippen LogP contribution in [-0.4, -0.2) is 6.61 Å². The Bertz CT molecular complexity index is 378. The van der Waals surface area contributed by atoms with Crippen LogP contribution in [0, 0.1) is 0 Å². The second-order valence-electron chi connectivity index (χ2n) is 4.46. The summed E-state index contributed by atoms with van der Waals surface area (Å²) in [5, 5.41) is 0. The molecule has 0 amide bonds. The van der Waals surface area contributed by atoms with Crippen LogP contribution in [0.1, 0.15) is 24.8 Å². The predicted molar refractivity (Wildman–Crippen MR) is 75.9 cm³/mol. The van der Waals surface area contributed by atoms with Gasteiger partial charge in [-0.1, -0.05) is 48.5 Å². The van der Waals surface area contributed by atoms with E-state index in [-0.39, 0.29) is 0 Å². The molecular weight excluding hydrogens is 220 g/mol. The Kier molecular flexibility index (Phi) is 5.32. The van der Waals surface area contributed by atoms with Crippen molar-refractivity contribution in [3.8, 4) is 5.75 Å². The molecule has 0 N–H and O–H groups in total. The van der Waals surface area contributed by atoms with Crippen LogP contribution in [0.4, 0.5) is 0 Å². The number of unbranched alkanes of at least 4 members (excludes halogenated alkanes) is 2. The highest BCUT2D eigenvalue weighted by molar-refractivity contribution is 5.20. The van der Waals surface area contributed by atoms with Crippen molar-refractivity contribution in [3.05, 3.63) is 66.2 Å². The highest BCUT2D eigenvalue weighted by Crippen LogP contribution is 2.10. The standard InChI is InChI=1S/C17H20O/c1-4-10-16(11-5-1)12-6-3-9-15-18-17-13-7-2-8-14-17/h1-2,4-5,7-8,10-11,13-14H,3,6,9,12,15H2. The highest BCUT2D eigenvalue weighted by Gasteiger charge is 1.94. The monoisotopic (exact) mass is 240 g/mol. The zero-order valence-corrected chi connectivity index (χ0v) is 10.7. The quantitative estimate of drug-likeness (QED) is 0.648. The van der Waals surface area contributed by atoms with Crippen LogP contribution in [0.2, 0.25) is 0 Å². The van der Waals surface area contributed by atoms with Gasteiger partial charge in [-0.25, -0.2) is 0 Å². The lowest BCUT2D eigenvalue weighted by molar-refractivity contribution is 0.305. The summed E-state index contributed by atoms with van der Waals surface area (Å²) in [5.41, 5.74) is 1.43. The number of aryl methyl sites for hydroxylation is 1. The van der Waals surface area contributed by atoms with Crippen LogP contribution < -0.4 is 4.74 Å². The molecule has 0 bridgehead atoms. The molecule has 0 aromatic heterocycles. The molecule has 2 aromatic carbocycles. The first-order valence-electron chi connectivity index (χ1n) is 6.67. The maximum atomic E-state index is 5.66. The van der Waals surface area contributed by atoms with E-state index in [9.17, 15) is 0 Å². The van der Waals surface area contributed by atoms with Gasteiger partial charge in [0.1, 0.15) is 5.75 Å². The first-order valence-corrected chi connectivity index (χ1v) is 6.67. The minimum Gasteiger partial charge on any atom is -0.494 e. The average Bonchev–Trinajstić information content (AvgIpc) is 2.45. The third-order valence-corrected chi connectivity index (χ3v) is 2.96. The summed E-state index contributed by atoms with van der Waals surface area (Å²) in [7, 11) is 0. The number of rotatable bonds is 7. The molecule has 1 heteroatoms. The summed E-state index contributed by atoms with van der Waals surface area (Å²) >= 11 is 0. The van der Waals surface area contributed by atoms with Gasteiger partial charge in [0.05, 0.1) is 6.61 Å². The number of hydrogen-bond donors (Lipinski definition) is 0. The Morgan fingerprint density at radius 1 is 0.667 bits per heavy atom. The Labute approximate surface area is 109 Å². The van der Waals surface area contributed by atoms with E-state index in [0.717, 1.165) is 18.8 Å². The molecule has 0 fully saturated rings. The summed E-state index contributed by atoms with van der Waals surface area (Å²) in [6.07, 6.45) is 4.76. The lowest BCUT2D eigenvalue weighted by Crippen LogP contribution is -1.97. The Hall–Kier alpha value is -1.76. The second kappa shape index (κ2) is 7.54. The van der Waals surface area contributed by atoms with Crippen LogP contribution in [0.5, 0.6) is 5.75 Å². The normalized spacial score (nSPS) is 10.2. The average molecular weight is 240 g/mol.